The summed E-state index contributed by atoms with van der Waals surface area (Å²) in [5, 5.41) is 6.18. The highest BCUT2D eigenvalue weighted by molar-refractivity contribution is 5.87. The number of benzene rings is 2. The van der Waals surface area contributed by atoms with Gasteiger partial charge in [0.1, 0.15) is 5.75 Å². The molecule has 0 aromatic heterocycles. The number of rotatable bonds is 4. The molecule has 1 atom stereocenters. The van der Waals surface area contributed by atoms with Crippen molar-refractivity contribution in [1.82, 2.24) is 5.32 Å². The van der Waals surface area contributed by atoms with Crippen molar-refractivity contribution in [2.24, 2.45) is 0 Å². The number of methoxy groups -OCH3 is 1. The Bertz CT molecular complexity index is 618. The van der Waals surface area contributed by atoms with Gasteiger partial charge in [-0.15, -0.1) is 0 Å². The molecule has 1 aliphatic rings. The molecule has 2 aromatic rings. The van der Waals surface area contributed by atoms with Crippen molar-refractivity contribution in [3.8, 4) is 5.75 Å². The van der Waals surface area contributed by atoms with E-state index in [0.29, 0.717) is 0 Å². The van der Waals surface area contributed by atoms with E-state index in [2.05, 4.69) is 48.6 Å². The molecule has 0 amide bonds. The van der Waals surface area contributed by atoms with Crippen LogP contribution in [-0.2, 0) is 11.3 Å². The summed E-state index contributed by atoms with van der Waals surface area (Å²) in [4.78, 5) is 0. The number of fused-ring (bicyclic) bond motifs is 1. The maximum Gasteiger partial charge on any atom is 0.123 e. The highest BCUT2D eigenvalue weighted by atomic mass is 16.5. The summed E-state index contributed by atoms with van der Waals surface area (Å²) in [7, 11) is 1.74. The fraction of sp³-hybridized carbons (Fsp3) is 0.444. The zero-order chi connectivity index (χ0) is 14.7. The zero-order valence-electron chi connectivity index (χ0n) is 12.8. The van der Waals surface area contributed by atoms with Gasteiger partial charge in [-0.3, -0.25) is 0 Å². The van der Waals surface area contributed by atoms with Gasteiger partial charge in [0.25, 0.3) is 0 Å². The summed E-state index contributed by atoms with van der Waals surface area (Å²) < 4.78 is 11.2. The largest absolute Gasteiger partial charge is 0.496 e. The Morgan fingerprint density at radius 1 is 1.24 bits per heavy atom. The Morgan fingerprint density at radius 3 is 2.86 bits per heavy atom. The van der Waals surface area contributed by atoms with Gasteiger partial charge in [0, 0.05) is 24.3 Å². The van der Waals surface area contributed by atoms with E-state index in [1.807, 2.05) is 0 Å². The Labute approximate surface area is 126 Å². The molecule has 0 aliphatic carbocycles. The molecule has 3 rings (SSSR count). The van der Waals surface area contributed by atoms with E-state index in [4.69, 9.17) is 9.47 Å². The maximum atomic E-state index is 5.62. The van der Waals surface area contributed by atoms with Crippen LogP contribution >= 0.6 is 0 Å². The Hall–Kier alpha value is -1.58. The van der Waals surface area contributed by atoms with Crippen LogP contribution in [0.3, 0.4) is 0 Å². The van der Waals surface area contributed by atoms with Gasteiger partial charge in [-0.25, -0.2) is 0 Å². The third-order valence-electron chi connectivity index (χ3n) is 4.35. The van der Waals surface area contributed by atoms with Gasteiger partial charge in [0.2, 0.25) is 0 Å². The molecule has 112 valence electrons. The first-order chi connectivity index (χ1) is 10.2. The van der Waals surface area contributed by atoms with E-state index in [0.717, 1.165) is 38.3 Å². The number of hydrogen-bond acceptors (Lipinski definition) is 3. The molecule has 0 spiro atoms. The standard InChI is InChI=1S/C18H23NO2/c1-18(10-5-11-21-13-18)19-12-16-15-7-4-3-6-14(15)8-9-17(16)20-2/h3-4,6-9,19H,5,10-13H2,1-2H3. The van der Waals surface area contributed by atoms with Crippen molar-refractivity contribution in [2.45, 2.75) is 31.8 Å². The van der Waals surface area contributed by atoms with E-state index >= 15 is 0 Å². The van der Waals surface area contributed by atoms with E-state index < -0.39 is 0 Å². The fourth-order valence-electron chi connectivity index (χ4n) is 3.06. The van der Waals surface area contributed by atoms with Crippen LogP contribution in [0.15, 0.2) is 36.4 Å². The highest BCUT2D eigenvalue weighted by Crippen LogP contribution is 2.29. The van der Waals surface area contributed by atoms with E-state index in [1.165, 1.54) is 16.3 Å². The van der Waals surface area contributed by atoms with Crippen molar-refractivity contribution in [1.29, 1.82) is 0 Å². The van der Waals surface area contributed by atoms with Crippen LogP contribution in [0, 0.1) is 0 Å². The molecule has 0 bridgehead atoms. The minimum absolute atomic E-state index is 0.0558. The highest BCUT2D eigenvalue weighted by Gasteiger charge is 2.27. The van der Waals surface area contributed by atoms with Gasteiger partial charge in [0.15, 0.2) is 0 Å². The molecule has 1 heterocycles. The molecule has 1 unspecified atom stereocenters. The van der Waals surface area contributed by atoms with E-state index in [9.17, 15) is 0 Å². The van der Waals surface area contributed by atoms with Crippen molar-refractivity contribution in [3.63, 3.8) is 0 Å². The minimum atomic E-state index is 0.0558. The molecular formula is C18H23NO2. The van der Waals surface area contributed by atoms with Gasteiger partial charge >= 0.3 is 0 Å². The number of ether oxygens (including phenoxy) is 2. The molecule has 1 N–H and O–H groups in total. The normalized spacial score (nSPS) is 22.4. The molecule has 3 heteroatoms. The fourth-order valence-corrected chi connectivity index (χ4v) is 3.06. The summed E-state index contributed by atoms with van der Waals surface area (Å²) in [6.45, 7) is 4.70. The smallest absolute Gasteiger partial charge is 0.123 e. The summed E-state index contributed by atoms with van der Waals surface area (Å²) in [5.74, 6) is 0.946. The number of nitrogens with one attached hydrogen (secondary N) is 1. The monoisotopic (exact) mass is 285 g/mol. The second-order valence-electron chi connectivity index (χ2n) is 6.04. The Balaban J connectivity index is 1.88. The third kappa shape index (κ3) is 3.04. The van der Waals surface area contributed by atoms with Crippen molar-refractivity contribution >= 4 is 10.8 Å². The van der Waals surface area contributed by atoms with Crippen LogP contribution in [0.4, 0.5) is 0 Å². The van der Waals surface area contributed by atoms with Gasteiger partial charge < -0.3 is 14.8 Å². The molecule has 21 heavy (non-hydrogen) atoms. The molecule has 2 aromatic carbocycles. The first kappa shape index (κ1) is 14.4. The second kappa shape index (κ2) is 6.04. The molecule has 0 radical (unpaired) electrons. The number of hydrogen-bond donors (Lipinski definition) is 1. The van der Waals surface area contributed by atoms with Gasteiger partial charge in [0.05, 0.1) is 13.7 Å². The quantitative estimate of drug-likeness (QED) is 0.932. The van der Waals surface area contributed by atoms with Crippen molar-refractivity contribution < 1.29 is 9.47 Å². The molecule has 1 aliphatic heterocycles. The topological polar surface area (TPSA) is 30.5 Å². The lowest BCUT2D eigenvalue weighted by atomic mass is 9.94. The molecule has 1 saturated heterocycles. The summed E-state index contributed by atoms with van der Waals surface area (Å²) in [6.07, 6.45) is 2.27. The lowest BCUT2D eigenvalue weighted by Gasteiger charge is -2.34. The summed E-state index contributed by atoms with van der Waals surface area (Å²) in [5.41, 5.74) is 1.28. The minimum Gasteiger partial charge on any atom is -0.496 e. The van der Waals surface area contributed by atoms with Crippen LogP contribution < -0.4 is 10.1 Å². The Morgan fingerprint density at radius 2 is 2.10 bits per heavy atom. The lowest BCUT2D eigenvalue weighted by Crippen LogP contribution is -2.48. The van der Waals surface area contributed by atoms with Crippen molar-refractivity contribution in [2.75, 3.05) is 20.3 Å². The van der Waals surface area contributed by atoms with Gasteiger partial charge in [-0.1, -0.05) is 30.3 Å². The van der Waals surface area contributed by atoms with Crippen LogP contribution in [0.25, 0.3) is 10.8 Å². The zero-order valence-corrected chi connectivity index (χ0v) is 12.8. The SMILES string of the molecule is COc1ccc2ccccc2c1CNC1(C)CCCOC1. The van der Waals surface area contributed by atoms with Crippen LogP contribution in [0.5, 0.6) is 5.75 Å². The van der Waals surface area contributed by atoms with Crippen LogP contribution in [0.2, 0.25) is 0 Å². The second-order valence-corrected chi connectivity index (χ2v) is 6.04. The summed E-state index contributed by atoms with van der Waals surface area (Å²) >= 11 is 0. The van der Waals surface area contributed by atoms with Crippen molar-refractivity contribution in [3.05, 3.63) is 42.0 Å². The van der Waals surface area contributed by atoms with Gasteiger partial charge in [-0.2, -0.15) is 0 Å². The molecular weight excluding hydrogens is 262 g/mol. The molecule has 3 nitrogen and oxygen atoms in total. The van der Waals surface area contributed by atoms with Gasteiger partial charge in [-0.05, 0) is 36.6 Å². The first-order valence-electron chi connectivity index (χ1n) is 7.59. The van der Waals surface area contributed by atoms with E-state index in [1.54, 1.807) is 7.11 Å². The van der Waals surface area contributed by atoms with Crippen LogP contribution in [0.1, 0.15) is 25.3 Å². The third-order valence-corrected chi connectivity index (χ3v) is 4.35. The van der Waals surface area contributed by atoms with Crippen LogP contribution in [-0.4, -0.2) is 25.9 Å². The molecule has 0 saturated carbocycles. The Kier molecular flexibility index (Phi) is 4.13. The average Bonchev–Trinajstić information content (AvgIpc) is 2.53. The predicted molar refractivity (Wildman–Crippen MR) is 85.8 cm³/mol. The summed E-state index contributed by atoms with van der Waals surface area (Å²) in [6, 6.07) is 12.6. The average molecular weight is 285 g/mol. The lowest BCUT2D eigenvalue weighted by molar-refractivity contribution is 0.0277. The van der Waals surface area contributed by atoms with E-state index in [-0.39, 0.29) is 5.54 Å². The maximum absolute atomic E-state index is 5.62. The molecule has 1 fully saturated rings. The first-order valence-corrected chi connectivity index (χ1v) is 7.59. The predicted octanol–water partition coefficient (Wildman–Crippen LogP) is 3.51.